The van der Waals surface area contributed by atoms with Crippen LogP contribution >= 0.6 is 0 Å². The van der Waals surface area contributed by atoms with Crippen LogP contribution in [-0.4, -0.2) is 0 Å². The average Bonchev–Trinajstić information content (AvgIpc) is 3.13. The Balaban J connectivity index is 1.83. The van der Waals surface area contributed by atoms with Crippen LogP contribution in [0.1, 0.15) is 87.5 Å². The number of hydrogen-bond donors (Lipinski definition) is 0. The molecule has 0 saturated heterocycles. The summed E-state index contributed by atoms with van der Waals surface area (Å²) < 4.78 is 5.83. The molecule has 1 nitrogen and oxygen atoms in total. The summed E-state index contributed by atoms with van der Waals surface area (Å²) in [6.07, 6.45) is 15.9. The van der Waals surface area contributed by atoms with Crippen molar-refractivity contribution in [3.8, 4) is 0 Å². The third-order valence-electron chi connectivity index (χ3n) is 5.90. The van der Waals surface area contributed by atoms with Crippen molar-refractivity contribution in [2.75, 3.05) is 0 Å². The first kappa shape index (κ1) is 20.7. The minimum atomic E-state index is 0.990. The SMILES string of the molecule is CCCCCCc1cccc(CCCCCC)c1Cc1coc2ccccc12. The number of furan rings is 1. The van der Waals surface area contributed by atoms with Gasteiger partial charge in [0.1, 0.15) is 5.58 Å². The lowest BCUT2D eigenvalue weighted by Crippen LogP contribution is -2.02. The first-order chi connectivity index (χ1) is 13.8. The molecule has 0 amide bonds. The normalized spacial score (nSPS) is 11.4. The van der Waals surface area contributed by atoms with Crippen LogP contribution in [0, 0.1) is 0 Å². The second-order valence-electron chi connectivity index (χ2n) is 8.11. The van der Waals surface area contributed by atoms with Gasteiger partial charge in [-0.3, -0.25) is 0 Å². The molecule has 2 aromatic carbocycles. The van der Waals surface area contributed by atoms with Gasteiger partial charge in [-0.05, 0) is 48.4 Å². The summed E-state index contributed by atoms with van der Waals surface area (Å²) in [6.45, 7) is 4.57. The van der Waals surface area contributed by atoms with Gasteiger partial charge in [0, 0.05) is 17.4 Å². The lowest BCUT2D eigenvalue weighted by Gasteiger charge is -2.15. The van der Waals surface area contributed by atoms with E-state index in [2.05, 4.69) is 56.3 Å². The predicted molar refractivity (Wildman–Crippen MR) is 121 cm³/mol. The Hall–Kier alpha value is -2.02. The smallest absolute Gasteiger partial charge is 0.134 e. The third-order valence-corrected chi connectivity index (χ3v) is 5.90. The Kier molecular flexibility index (Phi) is 8.21. The molecule has 1 heterocycles. The molecule has 0 bridgehead atoms. The summed E-state index contributed by atoms with van der Waals surface area (Å²) in [6, 6.07) is 15.4. The van der Waals surface area contributed by atoms with E-state index in [1.165, 1.54) is 75.2 Å². The summed E-state index contributed by atoms with van der Waals surface area (Å²) in [5.41, 5.74) is 6.99. The molecular formula is C27H36O. The van der Waals surface area contributed by atoms with Crippen molar-refractivity contribution in [1.29, 1.82) is 0 Å². The van der Waals surface area contributed by atoms with Crippen molar-refractivity contribution < 1.29 is 4.42 Å². The maximum absolute atomic E-state index is 5.83. The lowest BCUT2D eigenvalue weighted by molar-refractivity contribution is 0.611. The molecule has 0 N–H and O–H groups in total. The maximum Gasteiger partial charge on any atom is 0.134 e. The second kappa shape index (κ2) is 11.1. The van der Waals surface area contributed by atoms with Crippen LogP contribution in [-0.2, 0) is 19.3 Å². The van der Waals surface area contributed by atoms with Crippen molar-refractivity contribution in [3.63, 3.8) is 0 Å². The summed E-state index contributed by atoms with van der Waals surface area (Å²) in [5.74, 6) is 0. The molecule has 0 saturated carbocycles. The summed E-state index contributed by atoms with van der Waals surface area (Å²) >= 11 is 0. The van der Waals surface area contributed by atoms with Gasteiger partial charge in [0.25, 0.3) is 0 Å². The summed E-state index contributed by atoms with van der Waals surface area (Å²) in [7, 11) is 0. The molecule has 0 aliphatic rings. The van der Waals surface area contributed by atoms with Crippen molar-refractivity contribution in [2.45, 2.75) is 84.5 Å². The van der Waals surface area contributed by atoms with Crippen molar-refractivity contribution >= 4 is 11.0 Å². The third kappa shape index (κ3) is 5.50. The zero-order chi connectivity index (χ0) is 19.6. The van der Waals surface area contributed by atoms with Gasteiger partial charge in [0.15, 0.2) is 0 Å². The molecule has 0 unspecified atom stereocenters. The molecule has 0 radical (unpaired) electrons. The number of para-hydroxylation sites is 1. The number of aryl methyl sites for hydroxylation is 2. The first-order valence-corrected chi connectivity index (χ1v) is 11.4. The highest BCUT2D eigenvalue weighted by molar-refractivity contribution is 5.81. The minimum absolute atomic E-state index is 0.990. The van der Waals surface area contributed by atoms with Crippen LogP contribution in [0.4, 0.5) is 0 Å². The molecule has 3 aromatic rings. The van der Waals surface area contributed by atoms with Crippen molar-refractivity contribution in [3.05, 3.63) is 71.0 Å². The number of hydrogen-bond acceptors (Lipinski definition) is 1. The molecule has 1 heteroatoms. The largest absolute Gasteiger partial charge is 0.464 e. The highest BCUT2D eigenvalue weighted by Crippen LogP contribution is 2.28. The molecule has 0 fully saturated rings. The van der Waals surface area contributed by atoms with E-state index >= 15 is 0 Å². The summed E-state index contributed by atoms with van der Waals surface area (Å²) in [5, 5.41) is 1.26. The van der Waals surface area contributed by atoms with Gasteiger partial charge < -0.3 is 4.42 Å². The van der Waals surface area contributed by atoms with E-state index < -0.39 is 0 Å². The Morgan fingerprint density at radius 2 is 1.29 bits per heavy atom. The zero-order valence-electron chi connectivity index (χ0n) is 17.8. The Bertz CT molecular complexity index is 812. The van der Waals surface area contributed by atoms with E-state index in [4.69, 9.17) is 4.42 Å². The Labute approximate surface area is 171 Å². The van der Waals surface area contributed by atoms with Crippen molar-refractivity contribution in [2.24, 2.45) is 0 Å². The molecule has 150 valence electrons. The molecule has 0 atom stereocenters. The van der Waals surface area contributed by atoms with E-state index in [0.717, 1.165) is 12.0 Å². The number of unbranched alkanes of at least 4 members (excludes halogenated alkanes) is 6. The first-order valence-electron chi connectivity index (χ1n) is 11.4. The van der Waals surface area contributed by atoms with Gasteiger partial charge in [-0.25, -0.2) is 0 Å². The molecule has 0 aliphatic heterocycles. The fraction of sp³-hybridized carbons (Fsp3) is 0.481. The van der Waals surface area contributed by atoms with Crippen LogP contribution < -0.4 is 0 Å². The topological polar surface area (TPSA) is 13.1 Å². The van der Waals surface area contributed by atoms with Crippen LogP contribution in [0.2, 0.25) is 0 Å². The van der Waals surface area contributed by atoms with Crippen LogP contribution in [0.25, 0.3) is 11.0 Å². The quantitative estimate of drug-likeness (QED) is 0.290. The van der Waals surface area contributed by atoms with E-state index in [1.807, 2.05) is 6.26 Å². The molecule has 1 aromatic heterocycles. The fourth-order valence-electron chi connectivity index (χ4n) is 4.23. The molecule has 28 heavy (non-hydrogen) atoms. The van der Waals surface area contributed by atoms with Crippen LogP contribution in [0.5, 0.6) is 0 Å². The van der Waals surface area contributed by atoms with E-state index in [0.29, 0.717) is 0 Å². The summed E-state index contributed by atoms with van der Waals surface area (Å²) in [4.78, 5) is 0. The Morgan fingerprint density at radius 3 is 1.93 bits per heavy atom. The van der Waals surface area contributed by atoms with Crippen molar-refractivity contribution in [1.82, 2.24) is 0 Å². The second-order valence-corrected chi connectivity index (χ2v) is 8.11. The number of rotatable bonds is 12. The van der Waals surface area contributed by atoms with Gasteiger partial charge in [-0.15, -0.1) is 0 Å². The highest BCUT2D eigenvalue weighted by atomic mass is 16.3. The lowest BCUT2D eigenvalue weighted by atomic mass is 9.89. The van der Waals surface area contributed by atoms with E-state index in [1.54, 1.807) is 16.7 Å². The highest BCUT2D eigenvalue weighted by Gasteiger charge is 2.13. The van der Waals surface area contributed by atoms with Gasteiger partial charge in [0.05, 0.1) is 6.26 Å². The average molecular weight is 377 g/mol. The molecule has 0 aliphatic carbocycles. The zero-order valence-corrected chi connectivity index (χ0v) is 17.8. The number of fused-ring (bicyclic) bond motifs is 1. The predicted octanol–water partition coefficient (Wildman–Crippen LogP) is 8.27. The Morgan fingerprint density at radius 1 is 0.643 bits per heavy atom. The van der Waals surface area contributed by atoms with Crippen LogP contribution in [0.3, 0.4) is 0 Å². The van der Waals surface area contributed by atoms with Gasteiger partial charge in [-0.1, -0.05) is 88.8 Å². The monoisotopic (exact) mass is 376 g/mol. The molecular weight excluding hydrogens is 340 g/mol. The fourth-order valence-corrected chi connectivity index (χ4v) is 4.23. The van der Waals surface area contributed by atoms with Gasteiger partial charge in [0.2, 0.25) is 0 Å². The molecule has 0 spiro atoms. The van der Waals surface area contributed by atoms with Gasteiger partial charge in [-0.2, -0.15) is 0 Å². The number of benzene rings is 2. The van der Waals surface area contributed by atoms with E-state index in [9.17, 15) is 0 Å². The van der Waals surface area contributed by atoms with Crippen LogP contribution in [0.15, 0.2) is 53.1 Å². The standard InChI is InChI=1S/C27H36O/c1-3-5-7-9-14-22-16-13-17-23(15-10-8-6-4-2)26(22)20-24-21-28-27-19-12-11-18-25(24)27/h11-13,16-19,21H,3-10,14-15,20H2,1-2H3. The minimum Gasteiger partial charge on any atom is -0.464 e. The maximum atomic E-state index is 5.83. The molecule has 3 rings (SSSR count). The van der Waals surface area contributed by atoms with Gasteiger partial charge >= 0.3 is 0 Å². The van der Waals surface area contributed by atoms with E-state index in [-0.39, 0.29) is 0 Å².